The molecule has 2 N–H and O–H groups in total. The number of benzene rings is 1. The number of guanidine groups is 1. The lowest BCUT2D eigenvalue weighted by molar-refractivity contribution is 0.0992. The maximum atomic E-state index is 5.97. The molecule has 2 heterocycles. The molecule has 6 unspecified atom stereocenters. The maximum absolute atomic E-state index is 5.97. The van der Waals surface area contributed by atoms with E-state index in [-0.39, 0.29) is 24.0 Å². The van der Waals surface area contributed by atoms with Gasteiger partial charge in [-0.3, -0.25) is 4.99 Å². The van der Waals surface area contributed by atoms with Crippen molar-refractivity contribution in [3.8, 4) is 0 Å². The Morgan fingerprint density at radius 3 is 2.88 bits per heavy atom. The number of hydrogen-bond acceptors (Lipinski definition) is 2. The van der Waals surface area contributed by atoms with Crippen LogP contribution in [0.5, 0.6) is 0 Å². The van der Waals surface area contributed by atoms with Crippen LogP contribution in [0.4, 0.5) is 0 Å². The van der Waals surface area contributed by atoms with Gasteiger partial charge in [0.2, 0.25) is 0 Å². The van der Waals surface area contributed by atoms with Crippen molar-refractivity contribution in [2.75, 3.05) is 13.1 Å². The van der Waals surface area contributed by atoms with Crippen LogP contribution in [0.3, 0.4) is 0 Å². The molecule has 2 aliphatic carbocycles. The molecule has 142 valence electrons. The Morgan fingerprint density at radius 1 is 1.23 bits per heavy atom. The Kier molecular flexibility index (Phi) is 5.46. The average Bonchev–Trinajstić information content (AvgIpc) is 2.95. The maximum Gasteiger partial charge on any atom is 0.191 e. The minimum atomic E-state index is 0. The summed E-state index contributed by atoms with van der Waals surface area (Å²) in [5.74, 6) is 3.32. The fourth-order valence-electron chi connectivity index (χ4n) is 5.44. The average molecular weight is 467 g/mol. The molecule has 1 aromatic carbocycles. The molecule has 6 atom stereocenters. The summed E-state index contributed by atoms with van der Waals surface area (Å²) in [6, 6.07) is 9.47. The van der Waals surface area contributed by atoms with Gasteiger partial charge in [-0.1, -0.05) is 24.3 Å². The largest absolute Gasteiger partial charge is 0.373 e. The highest BCUT2D eigenvalue weighted by Crippen LogP contribution is 2.59. The summed E-state index contributed by atoms with van der Waals surface area (Å²) >= 11 is 0. The van der Waals surface area contributed by atoms with E-state index in [1.54, 1.807) is 11.1 Å². The highest BCUT2D eigenvalue weighted by Gasteiger charge is 2.52. The molecule has 0 aromatic heterocycles. The van der Waals surface area contributed by atoms with Gasteiger partial charge in [-0.2, -0.15) is 0 Å². The Hall–Kier alpha value is -0.820. The van der Waals surface area contributed by atoms with E-state index < -0.39 is 0 Å². The van der Waals surface area contributed by atoms with Crippen LogP contribution in [0.15, 0.2) is 29.3 Å². The van der Waals surface area contributed by atoms with Crippen molar-refractivity contribution >= 4 is 29.9 Å². The fraction of sp³-hybridized carbons (Fsp3) is 0.667. The van der Waals surface area contributed by atoms with Crippen LogP contribution >= 0.6 is 24.0 Å². The summed E-state index contributed by atoms with van der Waals surface area (Å²) < 4.78 is 5.97. The Morgan fingerprint density at radius 2 is 2.12 bits per heavy atom. The third-order valence-corrected chi connectivity index (χ3v) is 6.73. The molecule has 26 heavy (non-hydrogen) atoms. The SMILES string of the molecule is CCNC(=NCC1C2CCc3ccccc3C21)NC1CC2CCC1O2.I. The van der Waals surface area contributed by atoms with Crippen LogP contribution in [0.25, 0.3) is 0 Å². The predicted molar refractivity (Wildman–Crippen MR) is 115 cm³/mol. The zero-order chi connectivity index (χ0) is 16.8. The number of fused-ring (bicyclic) bond motifs is 5. The van der Waals surface area contributed by atoms with Gasteiger partial charge in [0.1, 0.15) is 0 Å². The first-order valence-electron chi connectivity index (χ1n) is 10.1. The molecule has 2 saturated heterocycles. The molecule has 4 nitrogen and oxygen atoms in total. The van der Waals surface area contributed by atoms with E-state index in [4.69, 9.17) is 9.73 Å². The van der Waals surface area contributed by atoms with Gasteiger partial charge >= 0.3 is 0 Å². The highest BCUT2D eigenvalue weighted by molar-refractivity contribution is 14.0. The second-order valence-electron chi connectivity index (χ2n) is 8.17. The minimum Gasteiger partial charge on any atom is -0.373 e. The quantitative estimate of drug-likeness (QED) is 0.405. The highest BCUT2D eigenvalue weighted by atomic mass is 127. The van der Waals surface area contributed by atoms with E-state index in [9.17, 15) is 0 Å². The number of aryl methyl sites for hydroxylation is 1. The lowest BCUT2D eigenvalue weighted by Gasteiger charge is -2.22. The van der Waals surface area contributed by atoms with Gasteiger partial charge in [0, 0.05) is 13.1 Å². The van der Waals surface area contributed by atoms with Crippen molar-refractivity contribution in [1.82, 2.24) is 10.6 Å². The second kappa shape index (κ2) is 7.66. The molecule has 2 aliphatic heterocycles. The molecular weight excluding hydrogens is 437 g/mol. The van der Waals surface area contributed by atoms with E-state index in [0.29, 0.717) is 18.2 Å². The zero-order valence-electron chi connectivity index (χ0n) is 15.5. The van der Waals surface area contributed by atoms with E-state index in [1.807, 2.05) is 0 Å². The molecule has 0 amide bonds. The first kappa shape index (κ1) is 18.5. The molecule has 3 fully saturated rings. The van der Waals surface area contributed by atoms with Gasteiger partial charge < -0.3 is 15.4 Å². The van der Waals surface area contributed by atoms with E-state index in [1.165, 1.54) is 25.7 Å². The number of ether oxygens (including phenoxy) is 1. The lowest BCUT2D eigenvalue weighted by Crippen LogP contribution is -2.47. The second-order valence-corrected chi connectivity index (χ2v) is 8.17. The van der Waals surface area contributed by atoms with Crippen LogP contribution in [-0.2, 0) is 11.2 Å². The van der Waals surface area contributed by atoms with E-state index in [0.717, 1.165) is 43.2 Å². The van der Waals surface area contributed by atoms with E-state index in [2.05, 4.69) is 41.8 Å². The Labute approximate surface area is 173 Å². The summed E-state index contributed by atoms with van der Waals surface area (Å²) in [6.07, 6.45) is 7.03. The molecular formula is C21H30IN3O. The first-order valence-corrected chi connectivity index (χ1v) is 10.1. The molecule has 0 radical (unpaired) electrons. The molecule has 0 spiro atoms. The van der Waals surface area contributed by atoms with Gasteiger partial charge in [-0.15, -0.1) is 24.0 Å². The lowest BCUT2D eigenvalue weighted by atomic mass is 9.92. The molecule has 2 bridgehead atoms. The summed E-state index contributed by atoms with van der Waals surface area (Å²) in [7, 11) is 0. The summed E-state index contributed by atoms with van der Waals surface area (Å²) in [5.41, 5.74) is 3.16. The number of hydrogen-bond donors (Lipinski definition) is 2. The number of aliphatic imine (C=N–C) groups is 1. The topological polar surface area (TPSA) is 45.7 Å². The first-order chi connectivity index (χ1) is 12.3. The van der Waals surface area contributed by atoms with Crippen molar-refractivity contribution < 1.29 is 4.74 Å². The standard InChI is InChI=1S/C21H29N3O.HI/c1-2-22-21(24-18-11-14-8-10-19(18)25-14)23-12-17-16-9-7-13-5-3-4-6-15(13)20(16)17;/h3-6,14,16-20H,2,7-12H2,1H3,(H2,22,23,24);1H. The van der Waals surface area contributed by atoms with Gasteiger partial charge in [-0.05, 0) is 67.9 Å². The summed E-state index contributed by atoms with van der Waals surface area (Å²) in [4.78, 5) is 4.96. The van der Waals surface area contributed by atoms with Crippen LogP contribution in [0.2, 0.25) is 0 Å². The van der Waals surface area contributed by atoms with E-state index >= 15 is 0 Å². The van der Waals surface area contributed by atoms with Crippen molar-refractivity contribution in [2.24, 2.45) is 16.8 Å². The summed E-state index contributed by atoms with van der Waals surface area (Å²) in [5, 5.41) is 7.08. The van der Waals surface area contributed by atoms with Crippen LogP contribution in [-0.4, -0.2) is 37.3 Å². The smallest absolute Gasteiger partial charge is 0.191 e. The molecule has 5 heteroatoms. The molecule has 1 saturated carbocycles. The van der Waals surface area contributed by atoms with Gasteiger partial charge in [0.15, 0.2) is 5.96 Å². The van der Waals surface area contributed by atoms with Crippen molar-refractivity contribution in [3.63, 3.8) is 0 Å². The summed E-state index contributed by atoms with van der Waals surface area (Å²) in [6.45, 7) is 4.00. The normalized spacial score (nSPS) is 36.7. The molecule has 5 rings (SSSR count). The number of halogens is 1. The molecule has 1 aromatic rings. The fourth-order valence-corrected chi connectivity index (χ4v) is 5.44. The van der Waals surface area contributed by atoms with Crippen LogP contribution < -0.4 is 10.6 Å². The third kappa shape index (κ3) is 3.37. The number of rotatable bonds is 4. The predicted octanol–water partition coefficient (Wildman–Crippen LogP) is 3.46. The minimum absolute atomic E-state index is 0. The number of nitrogens with one attached hydrogen (secondary N) is 2. The molecule has 4 aliphatic rings. The number of nitrogens with zero attached hydrogens (tertiary/aromatic N) is 1. The van der Waals surface area contributed by atoms with Crippen molar-refractivity contribution in [2.45, 2.75) is 63.2 Å². The third-order valence-electron chi connectivity index (χ3n) is 6.73. The van der Waals surface area contributed by atoms with Crippen molar-refractivity contribution in [1.29, 1.82) is 0 Å². The zero-order valence-corrected chi connectivity index (χ0v) is 17.8. The van der Waals surface area contributed by atoms with Crippen molar-refractivity contribution in [3.05, 3.63) is 35.4 Å². The van der Waals surface area contributed by atoms with Gasteiger partial charge in [0.25, 0.3) is 0 Å². The van der Waals surface area contributed by atoms with Gasteiger partial charge in [-0.25, -0.2) is 0 Å². The van der Waals surface area contributed by atoms with Crippen LogP contribution in [0.1, 0.15) is 49.7 Å². The monoisotopic (exact) mass is 467 g/mol. The van der Waals surface area contributed by atoms with Gasteiger partial charge in [0.05, 0.1) is 18.2 Å². The Balaban J connectivity index is 0.00000168. The Bertz CT molecular complexity index is 679. The van der Waals surface area contributed by atoms with Crippen LogP contribution in [0, 0.1) is 11.8 Å².